The number of benzene rings is 2. The summed E-state index contributed by atoms with van der Waals surface area (Å²) in [6.45, 7) is 2.75. The molecule has 0 aliphatic carbocycles. The molecule has 8 heteroatoms. The summed E-state index contributed by atoms with van der Waals surface area (Å²) in [6.07, 6.45) is 0. The van der Waals surface area contributed by atoms with Crippen LogP contribution in [0, 0.1) is 13.8 Å². The molecular formula is C20H20ClNO6. The zero-order valence-corrected chi connectivity index (χ0v) is 16.5. The van der Waals surface area contributed by atoms with Crippen molar-refractivity contribution in [2.24, 2.45) is 0 Å². The summed E-state index contributed by atoms with van der Waals surface area (Å²) in [5, 5.41) is 2.96. The van der Waals surface area contributed by atoms with E-state index < -0.39 is 24.5 Å². The first-order valence-corrected chi connectivity index (χ1v) is 8.71. The standard InChI is InChI=1S/C20H20ClNO6/c1-12-4-7-15(21)17(8-12)27-11-19(24)28-10-18(23)22-16-9-14(20(25)26-3)6-5-13(16)2/h4-9H,10-11H2,1-3H3,(H,22,23). The van der Waals surface area contributed by atoms with Gasteiger partial charge in [0.25, 0.3) is 5.91 Å². The summed E-state index contributed by atoms with van der Waals surface area (Å²) < 4.78 is 14.9. The molecule has 0 spiro atoms. The van der Waals surface area contributed by atoms with E-state index >= 15 is 0 Å². The molecule has 2 aromatic carbocycles. The Labute approximate surface area is 167 Å². The van der Waals surface area contributed by atoms with E-state index in [0.29, 0.717) is 22.0 Å². The highest BCUT2D eigenvalue weighted by molar-refractivity contribution is 6.32. The Hall–Kier alpha value is -3.06. The van der Waals surface area contributed by atoms with Crippen molar-refractivity contribution in [1.82, 2.24) is 0 Å². The van der Waals surface area contributed by atoms with E-state index in [1.54, 1.807) is 31.2 Å². The number of aryl methyl sites for hydroxylation is 2. The van der Waals surface area contributed by atoms with E-state index in [4.69, 9.17) is 21.1 Å². The number of hydrogen-bond acceptors (Lipinski definition) is 6. The van der Waals surface area contributed by atoms with Crippen LogP contribution in [0.5, 0.6) is 5.75 Å². The molecule has 0 aromatic heterocycles. The average Bonchev–Trinajstić information content (AvgIpc) is 2.68. The summed E-state index contributed by atoms with van der Waals surface area (Å²) in [4.78, 5) is 35.4. The molecule has 2 aromatic rings. The number of methoxy groups -OCH3 is 1. The van der Waals surface area contributed by atoms with Gasteiger partial charge in [0, 0.05) is 5.69 Å². The number of halogens is 1. The Morgan fingerprint density at radius 2 is 1.79 bits per heavy atom. The third-order valence-corrected chi connectivity index (χ3v) is 4.04. The van der Waals surface area contributed by atoms with Crippen LogP contribution in [0.25, 0.3) is 0 Å². The molecule has 1 amide bonds. The minimum atomic E-state index is -0.715. The van der Waals surface area contributed by atoms with Gasteiger partial charge in [-0.15, -0.1) is 0 Å². The number of esters is 2. The van der Waals surface area contributed by atoms with Gasteiger partial charge in [0.1, 0.15) is 5.75 Å². The quantitative estimate of drug-likeness (QED) is 0.711. The van der Waals surface area contributed by atoms with Gasteiger partial charge < -0.3 is 19.5 Å². The number of anilines is 1. The van der Waals surface area contributed by atoms with Crippen molar-refractivity contribution in [3.8, 4) is 5.75 Å². The molecule has 0 heterocycles. The first kappa shape index (κ1) is 21.2. The van der Waals surface area contributed by atoms with Gasteiger partial charge in [-0.25, -0.2) is 9.59 Å². The lowest BCUT2D eigenvalue weighted by Crippen LogP contribution is -2.24. The summed E-state index contributed by atoms with van der Waals surface area (Å²) in [5.41, 5.74) is 2.39. The van der Waals surface area contributed by atoms with Gasteiger partial charge in [-0.3, -0.25) is 4.79 Å². The molecule has 0 unspecified atom stereocenters. The maximum Gasteiger partial charge on any atom is 0.344 e. The fourth-order valence-corrected chi connectivity index (χ4v) is 2.41. The van der Waals surface area contributed by atoms with Gasteiger partial charge in [0.05, 0.1) is 17.7 Å². The first-order chi connectivity index (χ1) is 13.3. The number of rotatable bonds is 7. The van der Waals surface area contributed by atoms with Gasteiger partial charge in [-0.05, 0) is 49.2 Å². The van der Waals surface area contributed by atoms with Crippen molar-refractivity contribution in [3.05, 3.63) is 58.1 Å². The number of nitrogens with one attached hydrogen (secondary N) is 1. The van der Waals surface area contributed by atoms with Crippen LogP contribution in [0.2, 0.25) is 5.02 Å². The Morgan fingerprint density at radius 3 is 2.50 bits per heavy atom. The Bertz CT molecular complexity index is 896. The number of carbonyl (C=O) groups excluding carboxylic acids is 3. The third kappa shape index (κ3) is 5.99. The van der Waals surface area contributed by atoms with Crippen molar-refractivity contribution in [2.75, 3.05) is 25.6 Å². The normalized spacial score (nSPS) is 10.1. The van der Waals surface area contributed by atoms with E-state index in [0.717, 1.165) is 11.1 Å². The van der Waals surface area contributed by atoms with E-state index in [2.05, 4.69) is 10.1 Å². The van der Waals surface area contributed by atoms with Gasteiger partial charge >= 0.3 is 11.9 Å². The average molecular weight is 406 g/mol. The van der Waals surface area contributed by atoms with E-state index in [-0.39, 0.29) is 6.61 Å². The van der Waals surface area contributed by atoms with Crippen molar-refractivity contribution in [3.63, 3.8) is 0 Å². The van der Waals surface area contributed by atoms with Crippen LogP contribution in [0.3, 0.4) is 0 Å². The molecule has 0 aliphatic rings. The molecule has 0 saturated carbocycles. The van der Waals surface area contributed by atoms with Crippen molar-refractivity contribution in [1.29, 1.82) is 0 Å². The van der Waals surface area contributed by atoms with Crippen LogP contribution in [0.4, 0.5) is 5.69 Å². The number of carbonyl (C=O) groups is 3. The molecule has 0 radical (unpaired) electrons. The molecule has 0 fully saturated rings. The molecule has 0 atom stereocenters. The molecule has 7 nitrogen and oxygen atoms in total. The minimum absolute atomic E-state index is 0.295. The maximum atomic E-state index is 12.0. The predicted molar refractivity (Wildman–Crippen MR) is 104 cm³/mol. The molecule has 0 aliphatic heterocycles. The van der Waals surface area contributed by atoms with E-state index in [1.165, 1.54) is 13.2 Å². The second kappa shape index (κ2) is 9.75. The lowest BCUT2D eigenvalue weighted by molar-refractivity contribution is -0.149. The second-order valence-corrected chi connectivity index (χ2v) is 6.36. The first-order valence-electron chi connectivity index (χ1n) is 8.33. The van der Waals surface area contributed by atoms with Crippen molar-refractivity contribution in [2.45, 2.75) is 13.8 Å². The Morgan fingerprint density at radius 1 is 1.04 bits per heavy atom. The monoisotopic (exact) mass is 405 g/mol. The van der Waals surface area contributed by atoms with E-state index in [1.807, 2.05) is 13.0 Å². The highest BCUT2D eigenvalue weighted by atomic mass is 35.5. The SMILES string of the molecule is COC(=O)c1ccc(C)c(NC(=O)COC(=O)COc2cc(C)ccc2Cl)c1. The molecular weight excluding hydrogens is 386 g/mol. The van der Waals surface area contributed by atoms with Gasteiger partial charge in [-0.1, -0.05) is 23.7 Å². The molecule has 0 saturated heterocycles. The zero-order chi connectivity index (χ0) is 20.7. The topological polar surface area (TPSA) is 90.9 Å². The highest BCUT2D eigenvalue weighted by Gasteiger charge is 2.13. The minimum Gasteiger partial charge on any atom is -0.480 e. The van der Waals surface area contributed by atoms with Crippen molar-refractivity contribution >= 4 is 35.1 Å². The van der Waals surface area contributed by atoms with Crippen molar-refractivity contribution < 1.29 is 28.6 Å². The van der Waals surface area contributed by atoms with Gasteiger partial charge in [0.2, 0.25) is 0 Å². The third-order valence-electron chi connectivity index (χ3n) is 3.73. The lowest BCUT2D eigenvalue weighted by atomic mass is 10.1. The number of hydrogen-bond donors (Lipinski definition) is 1. The van der Waals surface area contributed by atoms with Crippen LogP contribution in [0.1, 0.15) is 21.5 Å². The Balaban J connectivity index is 1.86. The van der Waals surface area contributed by atoms with Crippen LogP contribution in [-0.2, 0) is 19.1 Å². The predicted octanol–water partition coefficient (Wildman–Crippen LogP) is 3.30. The molecule has 148 valence electrons. The number of ether oxygens (including phenoxy) is 3. The molecule has 0 bridgehead atoms. The molecule has 1 N–H and O–H groups in total. The maximum absolute atomic E-state index is 12.0. The van der Waals surface area contributed by atoms with Crippen LogP contribution >= 0.6 is 11.6 Å². The number of amides is 1. The summed E-state index contributed by atoms with van der Waals surface area (Å²) >= 11 is 5.98. The summed E-state index contributed by atoms with van der Waals surface area (Å²) in [5.74, 6) is -1.42. The van der Waals surface area contributed by atoms with Crippen LogP contribution in [0.15, 0.2) is 36.4 Å². The van der Waals surface area contributed by atoms with E-state index in [9.17, 15) is 14.4 Å². The summed E-state index contributed by atoms with van der Waals surface area (Å²) in [6, 6.07) is 9.92. The fourth-order valence-electron chi connectivity index (χ4n) is 2.23. The summed E-state index contributed by atoms with van der Waals surface area (Å²) in [7, 11) is 1.27. The smallest absolute Gasteiger partial charge is 0.344 e. The fraction of sp³-hybridized carbons (Fsp3) is 0.250. The lowest BCUT2D eigenvalue weighted by Gasteiger charge is -2.11. The largest absolute Gasteiger partial charge is 0.480 e. The Kier molecular flexibility index (Phi) is 7.40. The molecule has 2 rings (SSSR count). The zero-order valence-electron chi connectivity index (χ0n) is 15.7. The second-order valence-electron chi connectivity index (χ2n) is 5.95. The van der Waals surface area contributed by atoms with Crippen LogP contribution < -0.4 is 10.1 Å². The van der Waals surface area contributed by atoms with Gasteiger partial charge in [-0.2, -0.15) is 0 Å². The van der Waals surface area contributed by atoms with Crippen LogP contribution in [-0.4, -0.2) is 38.2 Å². The molecule has 28 heavy (non-hydrogen) atoms. The highest BCUT2D eigenvalue weighted by Crippen LogP contribution is 2.25. The van der Waals surface area contributed by atoms with Gasteiger partial charge in [0.15, 0.2) is 13.2 Å².